The lowest BCUT2D eigenvalue weighted by Gasteiger charge is -2.31. The molecular formula is C62H44S. The Labute approximate surface area is 372 Å². The number of fused-ring (bicyclic) bond motifs is 7. The maximum atomic E-state index is 2.51. The SMILES string of the molecule is C1=CCC2CCC(c3c4ccccc4c(-c4ccc(-c5ccc6c(c5)=C(c5ccc7ccccc7c5)C5=CC=CCC5C=6c5ccc6ccccc6c5)s4)c4ccccc34)=CC2=C1. The first kappa shape index (κ1) is 36.6. The second-order valence-corrected chi connectivity index (χ2v) is 18.8. The zero-order chi connectivity index (χ0) is 41.4. The Morgan fingerprint density at radius 3 is 1.81 bits per heavy atom. The zero-order valence-electron chi connectivity index (χ0n) is 35.0. The summed E-state index contributed by atoms with van der Waals surface area (Å²) in [7, 11) is 0. The minimum Gasteiger partial charge on any atom is -0.135 e. The highest BCUT2D eigenvalue weighted by molar-refractivity contribution is 7.19. The quantitative estimate of drug-likeness (QED) is 0.152. The van der Waals surface area contributed by atoms with Crippen LogP contribution in [0.3, 0.4) is 0 Å². The third-order valence-corrected chi connectivity index (χ3v) is 15.4. The molecule has 0 amide bonds. The number of rotatable bonds is 5. The average molecular weight is 821 g/mol. The van der Waals surface area contributed by atoms with Gasteiger partial charge in [0, 0.05) is 21.2 Å². The molecule has 1 heterocycles. The lowest BCUT2D eigenvalue weighted by atomic mass is 9.72. The Morgan fingerprint density at radius 1 is 0.460 bits per heavy atom. The number of thiophene rings is 1. The predicted molar refractivity (Wildman–Crippen MR) is 270 cm³/mol. The van der Waals surface area contributed by atoms with Crippen molar-refractivity contribution in [2.45, 2.75) is 25.7 Å². The van der Waals surface area contributed by atoms with E-state index in [-0.39, 0.29) is 5.92 Å². The van der Waals surface area contributed by atoms with Crippen LogP contribution in [0.15, 0.2) is 217 Å². The molecule has 0 bridgehead atoms. The van der Waals surface area contributed by atoms with Gasteiger partial charge in [0.1, 0.15) is 0 Å². The molecule has 1 aromatic heterocycles. The summed E-state index contributed by atoms with van der Waals surface area (Å²) in [6, 6.07) is 62.0. The number of hydrogen-bond donors (Lipinski definition) is 0. The van der Waals surface area contributed by atoms with Crippen molar-refractivity contribution in [1.29, 1.82) is 0 Å². The Balaban J connectivity index is 1.03. The second-order valence-electron chi connectivity index (χ2n) is 17.8. The van der Waals surface area contributed by atoms with Crippen molar-refractivity contribution in [3.05, 3.63) is 245 Å². The van der Waals surface area contributed by atoms with E-state index in [2.05, 4.69) is 206 Å². The van der Waals surface area contributed by atoms with Crippen LogP contribution in [0.5, 0.6) is 0 Å². The minimum absolute atomic E-state index is 0.260. The summed E-state index contributed by atoms with van der Waals surface area (Å²) in [5, 5.41) is 13.1. The summed E-state index contributed by atoms with van der Waals surface area (Å²) in [6.45, 7) is 0. The molecule has 8 aromatic carbocycles. The van der Waals surface area contributed by atoms with E-state index in [0.29, 0.717) is 5.92 Å². The van der Waals surface area contributed by atoms with Gasteiger partial charge in [0.2, 0.25) is 0 Å². The first-order valence-corrected chi connectivity index (χ1v) is 23.4. The van der Waals surface area contributed by atoms with Gasteiger partial charge < -0.3 is 0 Å². The van der Waals surface area contributed by atoms with Crippen LogP contribution >= 0.6 is 11.3 Å². The lowest BCUT2D eigenvalue weighted by Crippen LogP contribution is -2.38. The molecule has 2 atom stereocenters. The largest absolute Gasteiger partial charge is 0.135 e. The van der Waals surface area contributed by atoms with Crippen molar-refractivity contribution in [1.82, 2.24) is 0 Å². The molecule has 13 rings (SSSR count). The maximum Gasteiger partial charge on any atom is 0.0361 e. The van der Waals surface area contributed by atoms with E-state index in [0.717, 1.165) is 19.3 Å². The van der Waals surface area contributed by atoms with Gasteiger partial charge in [-0.05, 0) is 166 Å². The van der Waals surface area contributed by atoms with E-state index in [1.807, 2.05) is 11.3 Å². The van der Waals surface area contributed by atoms with Gasteiger partial charge >= 0.3 is 0 Å². The van der Waals surface area contributed by atoms with Gasteiger partial charge in [-0.1, -0.05) is 176 Å². The van der Waals surface area contributed by atoms with Crippen LogP contribution in [0, 0.1) is 11.8 Å². The van der Waals surface area contributed by atoms with Crippen molar-refractivity contribution in [2.24, 2.45) is 11.8 Å². The summed E-state index contributed by atoms with van der Waals surface area (Å²) in [5.41, 5.74) is 13.7. The summed E-state index contributed by atoms with van der Waals surface area (Å²) in [6.07, 6.45) is 20.9. The van der Waals surface area contributed by atoms with Crippen molar-refractivity contribution in [3.8, 4) is 20.9 Å². The predicted octanol–water partition coefficient (Wildman–Crippen LogP) is 15.3. The average Bonchev–Trinajstić information content (AvgIpc) is 3.84. The Morgan fingerprint density at radius 2 is 1.06 bits per heavy atom. The molecule has 0 fully saturated rings. The molecule has 0 saturated carbocycles. The van der Waals surface area contributed by atoms with Crippen LogP contribution in [0.25, 0.3) is 80.7 Å². The Bertz CT molecular complexity index is 3630. The van der Waals surface area contributed by atoms with E-state index in [9.17, 15) is 0 Å². The molecule has 2 unspecified atom stereocenters. The van der Waals surface area contributed by atoms with Crippen LogP contribution in [0.1, 0.15) is 42.4 Å². The fourth-order valence-electron chi connectivity index (χ4n) is 11.3. The molecule has 1 heteroatoms. The van der Waals surface area contributed by atoms with Crippen molar-refractivity contribution >= 4 is 71.1 Å². The molecule has 298 valence electrons. The van der Waals surface area contributed by atoms with Crippen LogP contribution in [0.2, 0.25) is 0 Å². The highest BCUT2D eigenvalue weighted by Crippen LogP contribution is 2.48. The molecule has 9 aromatic rings. The number of hydrogen-bond acceptors (Lipinski definition) is 1. The van der Waals surface area contributed by atoms with Crippen LogP contribution in [-0.4, -0.2) is 0 Å². The van der Waals surface area contributed by atoms with E-state index < -0.39 is 0 Å². The van der Waals surface area contributed by atoms with Crippen LogP contribution < -0.4 is 10.4 Å². The topological polar surface area (TPSA) is 0 Å². The first-order valence-electron chi connectivity index (χ1n) is 22.6. The van der Waals surface area contributed by atoms with Crippen molar-refractivity contribution in [3.63, 3.8) is 0 Å². The summed E-state index contributed by atoms with van der Waals surface area (Å²) >= 11 is 1.92. The molecule has 4 aliphatic carbocycles. The summed E-state index contributed by atoms with van der Waals surface area (Å²) in [4.78, 5) is 2.59. The van der Waals surface area contributed by atoms with E-state index in [4.69, 9.17) is 0 Å². The van der Waals surface area contributed by atoms with Crippen molar-refractivity contribution in [2.75, 3.05) is 0 Å². The Hall–Kier alpha value is -7.06. The zero-order valence-corrected chi connectivity index (χ0v) is 35.8. The monoisotopic (exact) mass is 820 g/mol. The van der Waals surface area contributed by atoms with Gasteiger partial charge in [0.05, 0.1) is 0 Å². The maximum absolute atomic E-state index is 2.51. The molecule has 63 heavy (non-hydrogen) atoms. The van der Waals surface area contributed by atoms with Gasteiger partial charge in [0.25, 0.3) is 0 Å². The van der Waals surface area contributed by atoms with Gasteiger partial charge in [0.15, 0.2) is 0 Å². The molecular weight excluding hydrogens is 777 g/mol. The van der Waals surface area contributed by atoms with E-state index >= 15 is 0 Å². The smallest absolute Gasteiger partial charge is 0.0361 e. The van der Waals surface area contributed by atoms with E-state index in [1.165, 1.54) is 125 Å². The fourth-order valence-corrected chi connectivity index (χ4v) is 12.4. The number of allylic oxidation sites excluding steroid dienone is 10. The van der Waals surface area contributed by atoms with Gasteiger partial charge in [-0.15, -0.1) is 11.3 Å². The molecule has 0 N–H and O–H groups in total. The highest BCUT2D eigenvalue weighted by atomic mass is 32.1. The van der Waals surface area contributed by atoms with Gasteiger partial charge in [-0.3, -0.25) is 0 Å². The summed E-state index contributed by atoms with van der Waals surface area (Å²) in [5.74, 6) is 0.904. The fraction of sp³-hybridized carbons (Fsp3) is 0.0968. The standard InChI is InChI=1S/C62H44S/c1-4-16-42-35-46(28-25-39(42)13-1)59-51-21-9-11-23-53(51)62(54-24-12-10-22-52(54)59)58-34-33-57(63-58)45-31-32-55-56(38-45)61(48-30-27-41-15-3-6-18-44(41)37-48)50-20-8-7-19-49(50)60(55)47-29-26-40-14-2-5-17-43(40)36-47/h1-12,14-18,20-24,26-27,29-39,49H,13,19,25,28H2. The third kappa shape index (κ3) is 6.02. The first-order chi connectivity index (χ1) is 31.2. The highest BCUT2D eigenvalue weighted by Gasteiger charge is 2.30. The molecule has 0 aliphatic heterocycles. The lowest BCUT2D eigenvalue weighted by molar-refractivity contribution is 0.572. The molecule has 0 spiro atoms. The van der Waals surface area contributed by atoms with E-state index in [1.54, 1.807) is 0 Å². The van der Waals surface area contributed by atoms with Crippen LogP contribution in [0.4, 0.5) is 0 Å². The van der Waals surface area contributed by atoms with Crippen molar-refractivity contribution < 1.29 is 0 Å². The normalized spacial score (nSPS) is 18.0. The molecule has 0 nitrogen and oxygen atoms in total. The molecule has 4 aliphatic rings. The van der Waals surface area contributed by atoms with Crippen LogP contribution in [-0.2, 0) is 0 Å². The number of benzene rings is 8. The summed E-state index contributed by atoms with van der Waals surface area (Å²) < 4.78 is 0. The molecule has 0 saturated heterocycles. The second kappa shape index (κ2) is 14.8. The minimum atomic E-state index is 0.260. The van der Waals surface area contributed by atoms with Gasteiger partial charge in [-0.25, -0.2) is 0 Å². The molecule has 0 radical (unpaired) electrons. The third-order valence-electron chi connectivity index (χ3n) is 14.3. The van der Waals surface area contributed by atoms with Gasteiger partial charge in [-0.2, -0.15) is 0 Å². The Kier molecular flexibility index (Phi) is 8.59.